The third-order valence-electron chi connectivity index (χ3n) is 5.98. The van der Waals surface area contributed by atoms with Crippen molar-refractivity contribution in [2.24, 2.45) is 0 Å². The Kier molecular flexibility index (Phi) is 7.23. The molecular weight excluding hydrogens is 434 g/mol. The van der Waals surface area contributed by atoms with E-state index in [1.165, 1.54) is 5.56 Å². The Morgan fingerprint density at radius 2 is 1.85 bits per heavy atom. The first-order valence-corrected chi connectivity index (χ1v) is 12.4. The van der Waals surface area contributed by atoms with Crippen molar-refractivity contribution in [2.45, 2.75) is 43.8 Å². The molecule has 0 aromatic heterocycles. The van der Waals surface area contributed by atoms with Crippen molar-refractivity contribution < 1.29 is 19.1 Å². The Morgan fingerprint density at radius 3 is 2.58 bits per heavy atom. The molecule has 4 rings (SSSR count). The zero-order chi connectivity index (χ0) is 23.4. The molecule has 1 atom stereocenters. The summed E-state index contributed by atoms with van der Waals surface area (Å²) in [5.74, 6) is -0.453. The normalized spacial score (nSPS) is 17.8. The molecule has 0 spiro atoms. The molecule has 0 saturated heterocycles. The van der Waals surface area contributed by atoms with Crippen LogP contribution in [0.25, 0.3) is 0 Å². The SMILES string of the molecule is CCCN1C(C)=C(C(=O)OCC)C(c2ccccc2SCc2ccccc2)C2=C1COC2=O. The van der Waals surface area contributed by atoms with E-state index in [9.17, 15) is 9.59 Å². The Morgan fingerprint density at radius 1 is 1.12 bits per heavy atom. The number of carbonyl (C=O) groups is 2. The molecule has 1 unspecified atom stereocenters. The van der Waals surface area contributed by atoms with Gasteiger partial charge in [0.15, 0.2) is 0 Å². The largest absolute Gasteiger partial charge is 0.463 e. The van der Waals surface area contributed by atoms with Gasteiger partial charge >= 0.3 is 11.9 Å². The van der Waals surface area contributed by atoms with E-state index in [0.717, 1.165) is 34.0 Å². The van der Waals surface area contributed by atoms with Crippen LogP contribution in [0.4, 0.5) is 0 Å². The van der Waals surface area contributed by atoms with Crippen molar-refractivity contribution in [3.05, 3.63) is 88.3 Å². The van der Waals surface area contributed by atoms with Crippen molar-refractivity contribution in [1.29, 1.82) is 0 Å². The van der Waals surface area contributed by atoms with E-state index in [1.54, 1.807) is 18.7 Å². The fourth-order valence-electron chi connectivity index (χ4n) is 4.51. The molecule has 0 N–H and O–H groups in total. The maximum atomic E-state index is 13.2. The van der Waals surface area contributed by atoms with Crippen LogP contribution in [0.3, 0.4) is 0 Å². The van der Waals surface area contributed by atoms with Gasteiger partial charge < -0.3 is 14.4 Å². The van der Waals surface area contributed by atoms with Gasteiger partial charge in [-0.05, 0) is 37.5 Å². The molecule has 2 aromatic rings. The van der Waals surface area contributed by atoms with E-state index in [2.05, 4.69) is 30.0 Å². The molecular formula is C27H29NO4S. The van der Waals surface area contributed by atoms with Crippen LogP contribution in [-0.2, 0) is 24.8 Å². The third-order valence-corrected chi connectivity index (χ3v) is 7.14. The first kappa shape index (κ1) is 23.2. The molecule has 0 fully saturated rings. The highest BCUT2D eigenvalue weighted by atomic mass is 32.2. The molecule has 2 aromatic carbocycles. The summed E-state index contributed by atoms with van der Waals surface area (Å²) in [6.45, 7) is 7.04. The van der Waals surface area contributed by atoms with Crippen LogP contribution in [0.1, 0.15) is 44.2 Å². The lowest BCUT2D eigenvalue weighted by atomic mass is 9.80. The third kappa shape index (κ3) is 4.58. The van der Waals surface area contributed by atoms with Crippen molar-refractivity contribution >= 4 is 23.7 Å². The van der Waals surface area contributed by atoms with E-state index < -0.39 is 5.92 Å². The number of rotatable bonds is 8. The van der Waals surface area contributed by atoms with Crippen LogP contribution in [-0.4, -0.2) is 36.6 Å². The van der Waals surface area contributed by atoms with Crippen molar-refractivity contribution in [2.75, 3.05) is 19.8 Å². The Hall–Kier alpha value is -2.99. The van der Waals surface area contributed by atoms with E-state index in [-0.39, 0.29) is 25.2 Å². The number of carbonyl (C=O) groups excluding carboxylic acids is 2. The minimum atomic E-state index is -0.512. The summed E-state index contributed by atoms with van der Waals surface area (Å²) in [7, 11) is 0. The van der Waals surface area contributed by atoms with E-state index in [4.69, 9.17) is 9.47 Å². The molecule has 33 heavy (non-hydrogen) atoms. The summed E-state index contributed by atoms with van der Waals surface area (Å²) in [5.41, 5.74) is 4.93. The van der Waals surface area contributed by atoms with Gasteiger partial charge in [0.05, 0.1) is 29.4 Å². The lowest BCUT2D eigenvalue weighted by molar-refractivity contribution is -0.139. The Labute approximate surface area is 199 Å². The lowest BCUT2D eigenvalue weighted by Crippen LogP contribution is -2.34. The number of allylic oxidation sites excluding steroid dienone is 1. The molecule has 0 radical (unpaired) electrons. The van der Waals surface area contributed by atoms with Crippen LogP contribution in [0.2, 0.25) is 0 Å². The van der Waals surface area contributed by atoms with E-state index in [0.29, 0.717) is 17.7 Å². The highest BCUT2D eigenvalue weighted by Gasteiger charge is 2.45. The second-order valence-electron chi connectivity index (χ2n) is 8.05. The summed E-state index contributed by atoms with van der Waals surface area (Å²) in [5, 5.41) is 0. The first-order chi connectivity index (χ1) is 16.1. The van der Waals surface area contributed by atoms with Crippen LogP contribution in [0.5, 0.6) is 0 Å². The van der Waals surface area contributed by atoms with E-state index in [1.807, 2.05) is 43.3 Å². The number of hydrogen-bond donors (Lipinski definition) is 0. The standard InChI is InChI=1S/C27H29NO4S/c1-4-15-28-18(3)23(26(29)31-5-2)24(25-21(28)16-32-27(25)30)20-13-9-10-14-22(20)33-17-19-11-7-6-8-12-19/h6-14,24H,4-5,15-17H2,1-3H3. The molecule has 0 amide bonds. The minimum Gasteiger partial charge on any atom is -0.463 e. The molecule has 2 aliphatic heterocycles. The Bertz CT molecular complexity index is 1110. The highest BCUT2D eigenvalue weighted by molar-refractivity contribution is 7.98. The zero-order valence-corrected chi connectivity index (χ0v) is 20.1. The molecule has 172 valence electrons. The van der Waals surface area contributed by atoms with Gasteiger partial charge in [-0.2, -0.15) is 0 Å². The number of esters is 2. The fraction of sp³-hybridized carbons (Fsp3) is 0.333. The summed E-state index contributed by atoms with van der Waals surface area (Å²) in [6, 6.07) is 18.3. The van der Waals surface area contributed by atoms with Crippen LogP contribution < -0.4 is 0 Å². The van der Waals surface area contributed by atoms with Crippen molar-refractivity contribution in [3.63, 3.8) is 0 Å². The first-order valence-electron chi connectivity index (χ1n) is 11.4. The highest BCUT2D eigenvalue weighted by Crippen LogP contribution is 2.47. The second-order valence-corrected chi connectivity index (χ2v) is 9.07. The van der Waals surface area contributed by atoms with Gasteiger partial charge in [-0.1, -0.05) is 55.5 Å². The Balaban J connectivity index is 1.82. The van der Waals surface area contributed by atoms with Gasteiger partial charge in [0.1, 0.15) is 6.61 Å². The van der Waals surface area contributed by atoms with Gasteiger partial charge in [0.25, 0.3) is 0 Å². The number of benzene rings is 2. The molecule has 2 heterocycles. The minimum absolute atomic E-state index is 0.234. The molecule has 0 bridgehead atoms. The monoisotopic (exact) mass is 463 g/mol. The number of thioether (sulfide) groups is 1. The van der Waals surface area contributed by atoms with Crippen molar-refractivity contribution in [3.8, 4) is 0 Å². The molecule has 5 nitrogen and oxygen atoms in total. The van der Waals surface area contributed by atoms with E-state index >= 15 is 0 Å². The maximum absolute atomic E-state index is 13.2. The molecule has 0 aliphatic carbocycles. The van der Waals surface area contributed by atoms with Crippen LogP contribution >= 0.6 is 11.8 Å². The van der Waals surface area contributed by atoms with Gasteiger partial charge in [-0.15, -0.1) is 11.8 Å². The van der Waals surface area contributed by atoms with Crippen molar-refractivity contribution in [1.82, 2.24) is 4.90 Å². The number of nitrogens with zero attached hydrogens (tertiary/aromatic N) is 1. The number of cyclic esters (lactones) is 1. The number of ether oxygens (including phenoxy) is 2. The smallest absolute Gasteiger partial charge is 0.337 e. The van der Waals surface area contributed by atoms with Gasteiger partial charge in [-0.3, -0.25) is 0 Å². The van der Waals surface area contributed by atoms with Gasteiger partial charge in [0.2, 0.25) is 0 Å². The van der Waals surface area contributed by atoms with Gasteiger partial charge in [-0.25, -0.2) is 9.59 Å². The topological polar surface area (TPSA) is 55.8 Å². The molecule has 0 saturated carbocycles. The lowest BCUT2D eigenvalue weighted by Gasteiger charge is -2.36. The number of hydrogen-bond acceptors (Lipinski definition) is 6. The second kappa shape index (κ2) is 10.3. The quantitative estimate of drug-likeness (QED) is 0.384. The maximum Gasteiger partial charge on any atom is 0.337 e. The average Bonchev–Trinajstić information content (AvgIpc) is 3.21. The molecule has 6 heteroatoms. The zero-order valence-electron chi connectivity index (χ0n) is 19.3. The fourth-order valence-corrected chi connectivity index (χ4v) is 5.56. The predicted octanol–water partition coefficient (Wildman–Crippen LogP) is 5.44. The van der Waals surface area contributed by atoms with Crippen LogP contribution in [0.15, 0.2) is 82.0 Å². The summed E-state index contributed by atoms with van der Waals surface area (Å²) in [4.78, 5) is 29.3. The summed E-state index contributed by atoms with van der Waals surface area (Å²) < 4.78 is 11.0. The average molecular weight is 464 g/mol. The summed E-state index contributed by atoms with van der Waals surface area (Å²) >= 11 is 1.71. The van der Waals surface area contributed by atoms with Gasteiger partial charge in [0, 0.05) is 22.9 Å². The summed E-state index contributed by atoms with van der Waals surface area (Å²) in [6.07, 6.45) is 0.882. The predicted molar refractivity (Wildman–Crippen MR) is 130 cm³/mol. The van der Waals surface area contributed by atoms with Crippen LogP contribution in [0, 0.1) is 0 Å². The molecule has 2 aliphatic rings.